The topological polar surface area (TPSA) is 91.7 Å². The van der Waals surface area contributed by atoms with Crippen molar-refractivity contribution in [3.63, 3.8) is 0 Å². The number of esters is 1. The van der Waals surface area contributed by atoms with Crippen LogP contribution >= 0.6 is 15.9 Å². The Balaban J connectivity index is 2.49. The quantitative estimate of drug-likeness (QED) is 0.289. The van der Waals surface area contributed by atoms with Crippen LogP contribution in [0.1, 0.15) is 13.3 Å². The zero-order valence-corrected chi connectivity index (χ0v) is 19.3. The first-order valence-corrected chi connectivity index (χ1v) is 13.4. The Kier molecular flexibility index (Phi) is 10.2. The second-order valence-corrected chi connectivity index (χ2v) is 13.9. The van der Waals surface area contributed by atoms with Crippen molar-refractivity contribution in [2.75, 3.05) is 32.2 Å². The van der Waals surface area contributed by atoms with Gasteiger partial charge in [-0.3, -0.25) is 9.59 Å². The van der Waals surface area contributed by atoms with Crippen molar-refractivity contribution in [1.29, 1.82) is 0 Å². The number of nitrogens with one attached hydrogen (secondary N) is 1. The van der Waals surface area contributed by atoms with Crippen LogP contribution < -0.4 is 10.9 Å². The first-order valence-electron chi connectivity index (χ1n) is 8.88. The number of carbonyl (C=O) groups excluding carboxylic acids is 1. The molecular formula is C17H30BrN3O5Si. The molecule has 0 saturated heterocycles. The summed E-state index contributed by atoms with van der Waals surface area (Å²) < 4.78 is 17.2. The molecule has 27 heavy (non-hydrogen) atoms. The van der Waals surface area contributed by atoms with Gasteiger partial charge in [0.2, 0.25) is 0 Å². The molecule has 1 aromatic heterocycles. The molecule has 1 N–H and O–H groups in total. The van der Waals surface area contributed by atoms with Crippen LogP contribution in [-0.4, -0.2) is 56.8 Å². The second kappa shape index (κ2) is 11.6. The summed E-state index contributed by atoms with van der Waals surface area (Å²) in [5, 5.41) is 7.32. The van der Waals surface area contributed by atoms with Crippen LogP contribution in [0.5, 0.6) is 0 Å². The van der Waals surface area contributed by atoms with Gasteiger partial charge < -0.3 is 19.5 Å². The van der Waals surface area contributed by atoms with Gasteiger partial charge in [0, 0.05) is 20.7 Å². The molecule has 8 nitrogen and oxygen atoms in total. The van der Waals surface area contributed by atoms with E-state index in [1.54, 1.807) is 6.20 Å². The summed E-state index contributed by atoms with van der Waals surface area (Å²) in [7, 11) is 0.184. The number of hydrogen-bond acceptors (Lipinski definition) is 7. The monoisotopic (exact) mass is 463 g/mol. The number of carbonyl (C=O) groups is 1. The predicted octanol–water partition coefficient (Wildman–Crippen LogP) is 2.70. The molecule has 0 aliphatic carbocycles. The summed E-state index contributed by atoms with van der Waals surface area (Å²) in [5.41, 5.74) is 0.328. The number of rotatable bonds is 12. The molecular weight excluding hydrogens is 434 g/mol. The highest BCUT2D eigenvalue weighted by Gasteiger charge is 2.14. The van der Waals surface area contributed by atoms with Gasteiger partial charge in [-0.25, -0.2) is 4.68 Å². The van der Waals surface area contributed by atoms with Crippen molar-refractivity contribution in [3.8, 4) is 0 Å². The van der Waals surface area contributed by atoms with E-state index in [9.17, 15) is 9.59 Å². The molecule has 0 saturated carbocycles. The largest absolute Gasteiger partial charge is 0.469 e. The van der Waals surface area contributed by atoms with Gasteiger partial charge in [-0.15, -0.1) is 0 Å². The van der Waals surface area contributed by atoms with E-state index >= 15 is 0 Å². The lowest BCUT2D eigenvalue weighted by molar-refractivity contribution is -0.141. The fourth-order valence-electron chi connectivity index (χ4n) is 2.01. The predicted molar refractivity (Wildman–Crippen MR) is 111 cm³/mol. The average molecular weight is 464 g/mol. The van der Waals surface area contributed by atoms with E-state index in [4.69, 9.17) is 9.47 Å². The Morgan fingerprint density at radius 3 is 2.67 bits per heavy atom. The molecule has 0 aliphatic rings. The van der Waals surface area contributed by atoms with Gasteiger partial charge in [-0.05, 0) is 28.9 Å². The van der Waals surface area contributed by atoms with Crippen LogP contribution in [0.4, 0.5) is 5.69 Å². The third-order valence-corrected chi connectivity index (χ3v) is 6.11. The van der Waals surface area contributed by atoms with E-state index in [0.717, 1.165) is 6.04 Å². The summed E-state index contributed by atoms with van der Waals surface area (Å²) in [6, 6.07) is 0.972. The minimum atomic E-state index is -1.16. The lowest BCUT2D eigenvalue weighted by Crippen LogP contribution is -2.29. The maximum Gasteiger partial charge on any atom is 0.307 e. The van der Waals surface area contributed by atoms with Gasteiger partial charge in [0.25, 0.3) is 5.56 Å². The van der Waals surface area contributed by atoms with E-state index in [2.05, 4.69) is 50.7 Å². The van der Waals surface area contributed by atoms with E-state index in [0.29, 0.717) is 23.4 Å². The van der Waals surface area contributed by atoms with Crippen molar-refractivity contribution < 1.29 is 19.0 Å². The third-order valence-electron chi connectivity index (χ3n) is 3.64. The minimum absolute atomic E-state index is 0.0657. The second-order valence-electron chi connectivity index (χ2n) is 7.47. The Bertz CT molecular complexity index is 663. The van der Waals surface area contributed by atoms with Crippen molar-refractivity contribution in [3.05, 3.63) is 21.0 Å². The summed E-state index contributed by atoms with van der Waals surface area (Å²) in [4.78, 5) is 23.4. The molecule has 0 aromatic carbocycles. The SMILES string of the molecule is COC(=O)CCOC[C@H](C)Nc1cnn(COCC[Si](C)(C)C)c(=O)c1Br. The van der Waals surface area contributed by atoms with Crippen molar-refractivity contribution in [2.45, 2.75) is 51.8 Å². The highest BCUT2D eigenvalue weighted by atomic mass is 79.9. The van der Waals surface area contributed by atoms with Gasteiger partial charge in [0.05, 0.1) is 38.6 Å². The van der Waals surface area contributed by atoms with Crippen molar-refractivity contribution in [2.24, 2.45) is 0 Å². The molecule has 0 amide bonds. The van der Waals surface area contributed by atoms with Crippen LogP contribution in [0, 0.1) is 0 Å². The molecule has 0 unspecified atom stereocenters. The molecule has 1 heterocycles. The fraction of sp³-hybridized carbons (Fsp3) is 0.706. The number of ether oxygens (including phenoxy) is 3. The first kappa shape index (κ1) is 23.8. The zero-order valence-electron chi connectivity index (χ0n) is 16.7. The molecule has 0 fully saturated rings. The summed E-state index contributed by atoms with van der Waals surface area (Å²) in [6.45, 7) is 10.2. The smallest absolute Gasteiger partial charge is 0.307 e. The molecule has 1 aromatic rings. The summed E-state index contributed by atoms with van der Waals surface area (Å²) >= 11 is 3.32. The summed E-state index contributed by atoms with van der Waals surface area (Å²) in [5.74, 6) is -0.307. The van der Waals surface area contributed by atoms with Gasteiger partial charge in [-0.2, -0.15) is 5.10 Å². The van der Waals surface area contributed by atoms with Crippen LogP contribution in [0.25, 0.3) is 0 Å². The summed E-state index contributed by atoms with van der Waals surface area (Å²) in [6.07, 6.45) is 1.79. The third kappa shape index (κ3) is 9.50. The molecule has 0 aliphatic heterocycles. The fourth-order valence-corrected chi connectivity index (χ4v) is 3.19. The molecule has 1 rings (SSSR count). The molecule has 0 radical (unpaired) electrons. The van der Waals surface area contributed by atoms with Gasteiger partial charge in [-0.1, -0.05) is 19.6 Å². The van der Waals surface area contributed by atoms with Crippen LogP contribution in [-0.2, 0) is 25.7 Å². The Labute approximate surface area is 169 Å². The molecule has 1 atom stereocenters. The molecule has 0 bridgehead atoms. The maximum absolute atomic E-state index is 12.4. The number of hydrogen-bond donors (Lipinski definition) is 1. The highest BCUT2D eigenvalue weighted by Crippen LogP contribution is 2.17. The first-order chi connectivity index (χ1) is 12.6. The number of aromatic nitrogens is 2. The Morgan fingerprint density at radius 1 is 1.33 bits per heavy atom. The van der Waals surface area contributed by atoms with Crippen molar-refractivity contribution in [1.82, 2.24) is 9.78 Å². The number of anilines is 1. The average Bonchev–Trinajstić information content (AvgIpc) is 2.60. The molecule has 154 valence electrons. The van der Waals surface area contributed by atoms with Gasteiger partial charge >= 0.3 is 5.97 Å². The van der Waals surface area contributed by atoms with E-state index in [1.807, 2.05) is 6.92 Å². The van der Waals surface area contributed by atoms with E-state index < -0.39 is 8.07 Å². The molecule has 10 heteroatoms. The van der Waals surface area contributed by atoms with Crippen LogP contribution in [0.15, 0.2) is 15.5 Å². The van der Waals surface area contributed by atoms with E-state index in [-0.39, 0.29) is 37.3 Å². The number of methoxy groups -OCH3 is 1. The highest BCUT2D eigenvalue weighted by molar-refractivity contribution is 9.10. The van der Waals surface area contributed by atoms with Gasteiger partial charge in [0.15, 0.2) is 0 Å². The molecule has 0 spiro atoms. The number of nitrogens with zero attached hydrogens (tertiary/aromatic N) is 2. The Hall–Kier alpha value is -1.23. The zero-order chi connectivity index (χ0) is 20.4. The minimum Gasteiger partial charge on any atom is -0.469 e. The number of halogens is 1. The van der Waals surface area contributed by atoms with Crippen LogP contribution in [0.3, 0.4) is 0 Å². The van der Waals surface area contributed by atoms with Gasteiger partial charge in [0.1, 0.15) is 11.2 Å². The normalized spacial score (nSPS) is 12.7. The van der Waals surface area contributed by atoms with E-state index in [1.165, 1.54) is 11.8 Å². The standard InChI is InChI=1S/C17H30BrN3O5Si/c1-13(11-25-7-6-15(22)24-2)20-14-10-19-21(17(23)16(14)18)12-26-8-9-27(3,4)5/h10,13,20H,6-9,11-12H2,1-5H3/t13-/m0/s1. The van der Waals surface area contributed by atoms with Crippen LogP contribution in [0.2, 0.25) is 25.7 Å². The lowest BCUT2D eigenvalue weighted by atomic mass is 10.3. The lowest BCUT2D eigenvalue weighted by Gasteiger charge is -2.17. The maximum atomic E-state index is 12.4. The van der Waals surface area contributed by atoms with Crippen molar-refractivity contribution >= 4 is 35.7 Å². The Morgan fingerprint density at radius 2 is 2.04 bits per heavy atom.